The molecule has 0 unspecified atom stereocenters. The summed E-state index contributed by atoms with van der Waals surface area (Å²) in [6.45, 7) is 3.73. The second-order valence-corrected chi connectivity index (χ2v) is 5.93. The summed E-state index contributed by atoms with van der Waals surface area (Å²) >= 11 is 3.15. The molecule has 0 aliphatic rings. The Kier molecular flexibility index (Phi) is 6.09. The minimum absolute atomic E-state index is 0.282. The summed E-state index contributed by atoms with van der Waals surface area (Å²) in [6, 6.07) is 5.03. The Hall–Kier alpha value is -1.96. The van der Waals surface area contributed by atoms with E-state index in [4.69, 9.17) is 0 Å². The van der Waals surface area contributed by atoms with Gasteiger partial charge in [0.2, 0.25) is 0 Å². The van der Waals surface area contributed by atoms with Crippen molar-refractivity contribution in [3.05, 3.63) is 46.2 Å². The maximum Gasteiger partial charge on any atom is 0.194 e. The Balaban J connectivity index is 2.09. The van der Waals surface area contributed by atoms with Crippen molar-refractivity contribution in [3.63, 3.8) is 0 Å². The molecule has 0 atom stereocenters. The van der Waals surface area contributed by atoms with Gasteiger partial charge >= 0.3 is 0 Å². The molecule has 0 bridgehead atoms. The molecule has 0 spiro atoms. The maximum absolute atomic E-state index is 13.6. The number of aryl methyl sites for hydroxylation is 1. The molecule has 1 aromatic carbocycles. The van der Waals surface area contributed by atoms with Crippen molar-refractivity contribution in [2.75, 3.05) is 13.6 Å². The molecule has 0 amide bonds. The highest BCUT2D eigenvalue weighted by Gasteiger charge is 2.10. The standard InChI is InChI=1S/C15H20BrFN6/c1-4-18-15(22(2)9-14-20-10-21-23(14)3)19-8-11-5-6-12(16)13(17)7-11/h5-7,10H,4,8-9H2,1-3H3,(H,18,19). The molecule has 0 saturated heterocycles. The zero-order chi connectivity index (χ0) is 16.8. The Morgan fingerprint density at radius 2 is 2.26 bits per heavy atom. The number of rotatable bonds is 5. The van der Waals surface area contributed by atoms with Crippen LogP contribution in [0.5, 0.6) is 0 Å². The molecule has 0 saturated carbocycles. The number of aromatic nitrogens is 3. The third-order valence-corrected chi connectivity index (χ3v) is 3.92. The summed E-state index contributed by atoms with van der Waals surface area (Å²) in [6.07, 6.45) is 1.53. The Bertz CT molecular complexity index is 684. The molecule has 23 heavy (non-hydrogen) atoms. The van der Waals surface area contributed by atoms with Gasteiger partial charge < -0.3 is 10.2 Å². The first-order valence-corrected chi connectivity index (χ1v) is 8.06. The average molecular weight is 383 g/mol. The fourth-order valence-electron chi connectivity index (χ4n) is 2.02. The number of hydrogen-bond donors (Lipinski definition) is 1. The van der Waals surface area contributed by atoms with Crippen molar-refractivity contribution in [2.45, 2.75) is 20.0 Å². The van der Waals surface area contributed by atoms with Gasteiger partial charge in [0.15, 0.2) is 5.96 Å². The van der Waals surface area contributed by atoms with E-state index in [1.54, 1.807) is 10.7 Å². The second kappa shape index (κ2) is 8.05. The van der Waals surface area contributed by atoms with Crippen LogP contribution in [-0.2, 0) is 20.1 Å². The minimum atomic E-state index is -0.282. The van der Waals surface area contributed by atoms with Gasteiger partial charge in [-0.05, 0) is 40.5 Å². The number of hydrogen-bond acceptors (Lipinski definition) is 3. The summed E-state index contributed by atoms with van der Waals surface area (Å²) in [5, 5.41) is 7.29. The predicted molar refractivity (Wildman–Crippen MR) is 91.4 cm³/mol. The Morgan fingerprint density at radius 1 is 1.48 bits per heavy atom. The zero-order valence-corrected chi connectivity index (χ0v) is 15.0. The summed E-state index contributed by atoms with van der Waals surface area (Å²) in [4.78, 5) is 10.7. The molecule has 2 aromatic rings. The molecule has 0 aliphatic heterocycles. The van der Waals surface area contributed by atoms with Gasteiger partial charge in [-0.15, -0.1) is 0 Å². The van der Waals surface area contributed by atoms with Gasteiger partial charge in [-0.1, -0.05) is 6.07 Å². The summed E-state index contributed by atoms with van der Waals surface area (Å²) in [5.41, 5.74) is 0.813. The van der Waals surface area contributed by atoms with Crippen LogP contribution in [0.1, 0.15) is 18.3 Å². The Morgan fingerprint density at radius 3 is 2.87 bits per heavy atom. The van der Waals surface area contributed by atoms with Crippen LogP contribution in [-0.4, -0.2) is 39.2 Å². The molecular weight excluding hydrogens is 363 g/mol. The highest BCUT2D eigenvalue weighted by Crippen LogP contribution is 2.16. The first kappa shape index (κ1) is 17.4. The summed E-state index contributed by atoms with van der Waals surface area (Å²) in [7, 11) is 3.78. The smallest absolute Gasteiger partial charge is 0.194 e. The van der Waals surface area contributed by atoms with Crippen molar-refractivity contribution in [1.82, 2.24) is 25.0 Å². The van der Waals surface area contributed by atoms with E-state index in [1.165, 1.54) is 12.4 Å². The molecule has 1 N–H and O–H groups in total. The van der Waals surface area contributed by atoms with Crippen molar-refractivity contribution in [1.29, 1.82) is 0 Å². The molecule has 0 aliphatic carbocycles. The van der Waals surface area contributed by atoms with Crippen LogP contribution in [0.25, 0.3) is 0 Å². The number of aliphatic imine (C=N–C) groups is 1. The van der Waals surface area contributed by atoms with E-state index in [0.29, 0.717) is 17.6 Å². The topological polar surface area (TPSA) is 58.3 Å². The van der Waals surface area contributed by atoms with Gasteiger partial charge in [-0.25, -0.2) is 14.4 Å². The van der Waals surface area contributed by atoms with Gasteiger partial charge in [0.25, 0.3) is 0 Å². The van der Waals surface area contributed by atoms with Gasteiger partial charge in [-0.2, -0.15) is 5.10 Å². The third kappa shape index (κ3) is 4.75. The first-order chi connectivity index (χ1) is 11.0. The van der Waals surface area contributed by atoms with Crippen LogP contribution in [0.2, 0.25) is 0 Å². The maximum atomic E-state index is 13.6. The molecule has 124 valence electrons. The summed E-state index contributed by atoms with van der Waals surface area (Å²) in [5.74, 6) is 1.29. The Labute approximate surface area is 143 Å². The molecule has 2 rings (SSSR count). The van der Waals surface area contributed by atoms with Crippen LogP contribution in [0.15, 0.2) is 34.0 Å². The lowest BCUT2D eigenvalue weighted by Gasteiger charge is -2.21. The normalized spacial score (nSPS) is 11.6. The lowest BCUT2D eigenvalue weighted by atomic mass is 10.2. The van der Waals surface area contributed by atoms with Crippen molar-refractivity contribution in [3.8, 4) is 0 Å². The largest absolute Gasteiger partial charge is 0.357 e. The van der Waals surface area contributed by atoms with E-state index in [9.17, 15) is 4.39 Å². The summed E-state index contributed by atoms with van der Waals surface area (Å²) < 4.78 is 15.7. The lowest BCUT2D eigenvalue weighted by molar-refractivity contribution is 0.448. The molecule has 1 aromatic heterocycles. The van der Waals surface area contributed by atoms with Gasteiger partial charge in [-0.3, -0.25) is 4.68 Å². The number of halogens is 2. The molecule has 1 heterocycles. The van der Waals surface area contributed by atoms with Crippen molar-refractivity contribution in [2.24, 2.45) is 12.0 Å². The van der Waals surface area contributed by atoms with Gasteiger partial charge in [0.1, 0.15) is 18.0 Å². The molecule has 0 fully saturated rings. The van der Waals surface area contributed by atoms with Crippen LogP contribution in [0.3, 0.4) is 0 Å². The fourth-order valence-corrected chi connectivity index (χ4v) is 2.27. The monoisotopic (exact) mass is 382 g/mol. The van der Waals surface area contributed by atoms with Gasteiger partial charge in [0.05, 0.1) is 17.6 Å². The van der Waals surface area contributed by atoms with E-state index in [-0.39, 0.29) is 5.82 Å². The van der Waals surface area contributed by atoms with Crippen molar-refractivity contribution < 1.29 is 4.39 Å². The minimum Gasteiger partial charge on any atom is -0.357 e. The molecule has 0 radical (unpaired) electrons. The average Bonchev–Trinajstić information content (AvgIpc) is 2.92. The quantitative estimate of drug-likeness (QED) is 0.636. The SMILES string of the molecule is CCNC(=NCc1ccc(Br)c(F)c1)N(C)Cc1ncnn1C. The van der Waals surface area contributed by atoms with Gasteiger partial charge in [0, 0.05) is 20.6 Å². The second-order valence-electron chi connectivity index (χ2n) is 5.07. The zero-order valence-electron chi connectivity index (χ0n) is 13.4. The molecule has 6 nitrogen and oxygen atoms in total. The van der Waals surface area contributed by atoms with Crippen LogP contribution < -0.4 is 5.32 Å². The van der Waals surface area contributed by atoms with Crippen LogP contribution in [0.4, 0.5) is 4.39 Å². The highest BCUT2D eigenvalue weighted by atomic mass is 79.9. The molecule has 8 heteroatoms. The van der Waals surface area contributed by atoms with E-state index in [0.717, 1.165) is 23.9 Å². The molecular formula is C15H20BrFN6. The number of nitrogens with one attached hydrogen (secondary N) is 1. The first-order valence-electron chi connectivity index (χ1n) is 7.27. The number of nitrogens with zero attached hydrogens (tertiary/aromatic N) is 5. The predicted octanol–water partition coefficient (Wildman–Crippen LogP) is 2.31. The number of guanidine groups is 1. The van der Waals surface area contributed by atoms with Crippen LogP contribution >= 0.6 is 15.9 Å². The van der Waals surface area contributed by atoms with Crippen molar-refractivity contribution >= 4 is 21.9 Å². The third-order valence-electron chi connectivity index (χ3n) is 3.28. The number of benzene rings is 1. The fraction of sp³-hybridized carbons (Fsp3) is 0.400. The van der Waals surface area contributed by atoms with E-state index >= 15 is 0 Å². The van der Waals surface area contributed by atoms with Crippen LogP contribution in [0, 0.1) is 5.82 Å². The van der Waals surface area contributed by atoms with E-state index < -0.39 is 0 Å². The highest BCUT2D eigenvalue weighted by molar-refractivity contribution is 9.10. The van der Waals surface area contributed by atoms with E-state index in [1.807, 2.05) is 32.0 Å². The van der Waals surface area contributed by atoms with E-state index in [2.05, 4.69) is 36.3 Å². The lowest BCUT2D eigenvalue weighted by Crippen LogP contribution is -2.39.